The third-order valence-electron chi connectivity index (χ3n) is 4.93. The van der Waals surface area contributed by atoms with E-state index < -0.39 is 11.9 Å². The molecule has 186 valence electrons. The third-order valence-corrected chi connectivity index (χ3v) is 8.08. The highest BCUT2D eigenvalue weighted by Gasteiger charge is 2.27. The number of amides is 1. The minimum Gasteiger partial charge on any atom is -0.465 e. The first-order chi connectivity index (χ1) is 16.8. The van der Waals surface area contributed by atoms with Crippen LogP contribution in [-0.2, 0) is 27.2 Å². The molecule has 0 aliphatic rings. The lowest BCUT2D eigenvalue weighted by Gasteiger charge is -2.08. The molecular weight excluding hydrogens is 508 g/mol. The van der Waals surface area contributed by atoms with Crippen LogP contribution in [0.2, 0.25) is 0 Å². The van der Waals surface area contributed by atoms with Crippen LogP contribution in [-0.4, -0.2) is 52.6 Å². The molecule has 0 unspecified atom stereocenters. The normalized spacial score (nSPS) is 10.7. The monoisotopic (exact) mass is 534 g/mol. The average molecular weight is 535 g/mol. The number of anilines is 1. The van der Waals surface area contributed by atoms with Gasteiger partial charge in [0.1, 0.15) is 9.88 Å². The van der Waals surface area contributed by atoms with Gasteiger partial charge in [-0.3, -0.25) is 9.36 Å². The number of esters is 2. The lowest BCUT2D eigenvalue weighted by Crippen LogP contribution is -2.16. The van der Waals surface area contributed by atoms with Crippen molar-refractivity contribution >= 4 is 57.3 Å². The maximum absolute atomic E-state index is 12.8. The highest BCUT2D eigenvalue weighted by Crippen LogP contribution is 2.34. The van der Waals surface area contributed by atoms with Crippen molar-refractivity contribution < 1.29 is 23.9 Å². The number of carbonyl (C=O) groups excluding carboxylic acids is 3. The number of rotatable bonds is 11. The van der Waals surface area contributed by atoms with E-state index in [1.165, 1.54) is 30.9 Å². The number of nitrogens with zero attached hydrogens (tertiary/aromatic N) is 3. The van der Waals surface area contributed by atoms with Gasteiger partial charge in [0, 0.05) is 22.4 Å². The van der Waals surface area contributed by atoms with Gasteiger partial charge in [-0.1, -0.05) is 31.2 Å². The Bertz CT molecular complexity index is 1240. The standard InChI is InChI=1S/C23H26N4O5S3/c1-6-8-15-10-14(11-33-15)19-25-26-23(27(19)9-7-2)34-12-16(28)24-20-17(21(29)31-4)13(3)18(35-20)22(30)32-5/h7,10-11H,2,6,8-9,12H2,1,3-5H3,(H,24,28). The molecule has 0 bridgehead atoms. The topological polar surface area (TPSA) is 112 Å². The van der Waals surface area contributed by atoms with Gasteiger partial charge in [0.25, 0.3) is 0 Å². The quantitative estimate of drug-likeness (QED) is 0.212. The molecule has 3 heterocycles. The minimum absolute atomic E-state index is 0.0190. The molecule has 3 aromatic rings. The number of thiophene rings is 2. The second-order valence-corrected chi connectivity index (χ2v) is 10.3. The molecule has 0 spiro atoms. The average Bonchev–Trinajstić information content (AvgIpc) is 3.55. The van der Waals surface area contributed by atoms with Gasteiger partial charge in [-0.25, -0.2) is 9.59 Å². The molecule has 1 amide bonds. The number of thioether (sulfide) groups is 1. The van der Waals surface area contributed by atoms with Crippen LogP contribution in [0.4, 0.5) is 5.00 Å². The summed E-state index contributed by atoms with van der Waals surface area (Å²) in [7, 11) is 2.49. The predicted octanol–water partition coefficient (Wildman–Crippen LogP) is 4.82. The van der Waals surface area contributed by atoms with E-state index in [9.17, 15) is 14.4 Å². The van der Waals surface area contributed by atoms with Crippen LogP contribution in [0.1, 0.15) is 43.8 Å². The molecule has 0 radical (unpaired) electrons. The molecule has 12 heteroatoms. The fourth-order valence-corrected chi connectivity index (χ4v) is 6.15. The maximum atomic E-state index is 12.8. The number of ether oxygens (including phenoxy) is 2. The zero-order valence-corrected chi connectivity index (χ0v) is 22.3. The van der Waals surface area contributed by atoms with Crippen molar-refractivity contribution in [2.75, 3.05) is 25.3 Å². The SMILES string of the molecule is C=CCn1c(SCC(=O)Nc2sc(C(=O)OC)c(C)c2C(=O)OC)nnc1-c1csc(CCC)c1. The molecule has 9 nitrogen and oxygen atoms in total. The zero-order chi connectivity index (χ0) is 25.5. The molecule has 0 aliphatic carbocycles. The van der Waals surface area contributed by atoms with Gasteiger partial charge in [0.15, 0.2) is 11.0 Å². The fourth-order valence-electron chi connectivity index (χ4n) is 3.31. The molecular formula is C23H26N4O5S3. The van der Waals surface area contributed by atoms with Crippen LogP contribution >= 0.6 is 34.4 Å². The number of carbonyl (C=O) groups is 3. The number of nitrogens with one attached hydrogen (secondary N) is 1. The van der Waals surface area contributed by atoms with Gasteiger partial charge >= 0.3 is 11.9 Å². The number of methoxy groups -OCH3 is 2. The Balaban J connectivity index is 1.78. The zero-order valence-electron chi connectivity index (χ0n) is 19.9. The molecule has 0 atom stereocenters. The number of hydrogen-bond acceptors (Lipinski definition) is 10. The van der Waals surface area contributed by atoms with Crippen LogP contribution in [0.5, 0.6) is 0 Å². The fraction of sp³-hybridized carbons (Fsp3) is 0.348. The lowest BCUT2D eigenvalue weighted by molar-refractivity contribution is -0.113. The van der Waals surface area contributed by atoms with Crippen molar-refractivity contribution in [3.63, 3.8) is 0 Å². The molecule has 1 N–H and O–H groups in total. The van der Waals surface area contributed by atoms with Crippen LogP contribution in [0.15, 0.2) is 29.3 Å². The predicted molar refractivity (Wildman–Crippen MR) is 139 cm³/mol. The van der Waals surface area contributed by atoms with Gasteiger partial charge in [0.2, 0.25) is 5.91 Å². The van der Waals surface area contributed by atoms with E-state index in [0.29, 0.717) is 17.3 Å². The molecule has 0 aromatic carbocycles. The second-order valence-electron chi connectivity index (χ2n) is 7.34. The van der Waals surface area contributed by atoms with Crippen molar-refractivity contribution in [2.24, 2.45) is 0 Å². The maximum Gasteiger partial charge on any atom is 0.348 e. The summed E-state index contributed by atoms with van der Waals surface area (Å²) in [5.74, 6) is -0.867. The Hall–Kier alpha value is -2.96. The van der Waals surface area contributed by atoms with Gasteiger partial charge in [-0.05, 0) is 25.0 Å². The van der Waals surface area contributed by atoms with Crippen molar-refractivity contribution in [2.45, 2.75) is 38.4 Å². The van der Waals surface area contributed by atoms with E-state index in [4.69, 9.17) is 9.47 Å². The van der Waals surface area contributed by atoms with Crippen LogP contribution < -0.4 is 5.32 Å². The largest absolute Gasteiger partial charge is 0.465 e. The minimum atomic E-state index is -0.648. The summed E-state index contributed by atoms with van der Waals surface area (Å²) < 4.78 is 11.5. The Kier molecular flexibility index (Phi) is 9.24. The Morgan fingerprint density at radius 2 is 1.97 bits per heavy atom. The van der Waals surface area contributed by atoms with Gasteiger partial charge < -0.3 is 14.8 Å². The third kappa shape index (κ3) is 6.00. The summed E-state index contributed by atoms with van der Waals surface area (Å²) in [6.07, 6.45) is 3.83. The van der Waals surface area contributed by atoms with E-state index >= 15 is 0 Å². The Morgan fingerprint density at radius 1 is 1.23 bits per heavy atom. The molecule has 35 heavy (non-hydrogen) atoms. The van der Waals surface area contributed by atoms with E-state index in [-0.39, 0.29) is 27.1 Å². The summed E-state index contributed by atoms with van der Waals surface area (Å²) in [5, 5.41) is 14.2. The summed E-state index contributed by atoms with van der Waals surface area (Å²) >= 11 is 3.88. The first-order valence-electron chi connectivity index (χ1n) is 10.7. The highest BCUT2D eigenvalue weighted by atomic mass is 32.2. The highest BCUT2D eigenvalue weighted by molar-refractivity contribution is 7.99. The molecule has 0 fully saturated rings. The van der Waals surface area contributed by atoms with E-state index in [1.807, 2.05) is 4.57 Å². The van der Waals surface area contributed by atoms with E-state index in [1.54, 1.807) is 24.3 Å². The smallest absolute Gasteiger partial charge is 0.348 e. The molecule has 0 saturated heterocycles. The molecule has 0 saturated carbocycles. The summed E-state index contributed by atoms with van der Waals surface area (Å²) in [6.45, 7) is 8.06. The first kappa shape index (κ1) is 26.6. The molecule has 0 aliphatic heterocycles. The van der Waals surface area contributed by atoms with Gasteiger partial charge in [-0.2, -0.15) is 0 Å². The number of aryl methyl sites for hydroxylation is 1. The van der Waals surface area contributed by atoms with Crippen LogP contribution in [0.3, 0.4) is 0 Å². The van der Waals surface area contributed by atoms with Gasteiger partial charge in [0.05, 0.1) is 25.5 Å². The van der Waals surface area contributed by atoms with E-state index in [0.717, 1.165) is 35.6 Å². The Labute approximate surface area is 215 Å². The summed E-state index contributed by atoms with van der Waals surface area (Å²) in [4.78, 5) is 38.6. The van der Waals surface area contributed by atoms with Crippen LogP contribution in [0, 0.1) is 6.92 Å². The Morgan fingerprint density at radius 3 is 2.63 bits per heavy atom. The molecule has 3 rings (SSSR count). The van der Waals surface area contributed by atoms with Crippen molar-refractivity contribution in [1.82, 2.24) is 14.8 Å². The summed E-state index contributed by atoms with van der Waals surface area (Å²) in [6, 6.07) is 2.12. The number of hydrogen-bond donors (Lipinski definition) is 1. The van der Waals surface area contributed by atoms with Crippen molar-refractivity contribution in [3.05, 3.63) is 45.0 Å². The summed E-state index contributed by atoms with van der Waals surface area (Å²) in [5.41, 5.74) is 1.51. The van der Waals surface area contributed by atoms with Crippen molar-refractivity contribution in [3.8, 4) is 11.4 Å². The van der Waals surface area contributed by atoms with Gasteiger partial charge in [-0.15, -0.1) is 39.4 Å². The lowest BCUT2D eigenvalue weighted by atomic mass is 10.1. The first-order valence-corrected chi connectivity index (χ1v) is 13.4. The second kappa shape index (κ2) is 12.1. The molecule has 3 aromatic heterocycles. The van der Waals surface area contributed by atoms with E-state index in [2.05, 4.69) is 40.5 Å². The van der Waals surface area contributed by atoms with Crippen LogP contribution in [0.25, 0.3) is 11.4 Å². The number of aromatic nitrogens is 3. The number of allylic oxidation sites excluding steroid dienone is 1. The van der Waals surface area contributed by atoms with Crippen molar-refractivity contribution in [1.29, 1.82) is 0 Å².